The number of amides is 1. The Kier molecular flexibility index (Phi) is 6.78. The van der Waals surface area contributed by atoms with Gasteiger partial charge < -0.3 is 11.1 Å². The number of likely N-dealkylation sites (N-methyl/N-ethyl adjacent to an activating group) is 1. The average Bonchev–Trinajstić information content (AvgIpc) is 2.46. The van der Waals surface area contributed by atoms with Crippen LogP contribution >= 0.6 is 12.2 Å². The highest BCUT2D eigenvalue weighted by Gasteiger charge is 2.19. The van der Waals surface area contributed by atoms with E-state index >= 15 is 0 Å². The number of hydrogen-bond donors (Lipinski definition) is 2. The van der Waals surface area contributed by atoms with E-state index in [-0.39, 0.29) is 11.9 Å². The van der Waals surface area contributed by atoms with E-state index in [0.717, 1.165) is 18.5 Å². The maximum Gasteiger partial charge on any atom is 0.241 e. The average molecular weight is 307 g/mol. The van der Waals surface area contributed by atoms with E-state index in [1.54, 1.807) is 6.07 Å². The topological polar surface area (TPSA) is 58.4 Å². The van der Waals surface area contributed by atoms with Crippen molar-refractivity contribution in [2.24, 2.45) is 11.7 Å². The van der Waals surface area contributed by atoms with Crippen LogP contribution in [-0.2, 0) is 4.79 Å². The number of nitrogens with zero attached hydrogens (tertiary/aromatic N) is 1. The molecule has 2 atom stereocenters. The van der Waals surface area contributed by atoms with Crippen molar-refractivity contribution >= 4 is 28.8 Å². The Bertz CT molecular complexity index is 504. The zero-order chi connectivity index (χ0) is 16.0. The van der Waals surface area contributed by atoms with E-state index in [1.165, 1.54) is 0 Å². The van der Waals surface area contributed by atoms with Crippen LogP contribution in [0, 0.1) is 5.92 Å². The smallest absolute Gasteiger partial charge is 0.241 e. The van der Waals surface area contributed by atoms with Gasteiger partial charge in [-0.15, -0.1) is 0 Å². The third-order valence-corrected chi connectivity index (χ3v) is 3.99. The van der Waals surface area contributed by atoms with E-state index in [2.05, 4.69) is 24.1 Å². The minimum Gasteiger partial charge on any atom is -0.389 e. The minimum atomic E-state index is -0.188. The zero-order valence-electron chi connectivity index (χ0n) is 13.2. The number of hydrogen-bond acceptors (Lipinski definition) is 3. The van der Waals surface area contributed by atoms with E-state index in [0.29, 0.717) is 16.6 Å². The zero-order valence-corrected chi connectivity index (χ0v) is 14.0. The molecule has 1 amide bonds. The fourth-order valence-electron chi connectivity index (χ4n) is 1.98. The standard InChI is InChI=1S/C16H25N3OS/c1-5-11(2)10-19(4)12(3)16(20)18-14-8-6-7-13(9-14)15(17)21/h6-9,11-12H,5,10H2,1-4H3,(H2,17,21)(H,18,20). The summed E-state index contributed by atoms with van der Waals surface area (Å²) in [5, 5.41) is 2.91. The lowest BCUT2D eigenvalue weighted by Crippen LogP contribution is -2.41. The summed E-state index contributed by atoms with van der Waals surface area (Å²) >= 11 is 4.95. The molecule has 1 rings (SSSR count). The van der Waals surface area contributed by atoms with Crippen LogP contribution < -0.4 is 11.1 Å². The molecule has 5 heteroatoms. The highest BCUT2D eigenvalue weighted by atomic mass is 32.1. The van der Waals surface area contributed by atoms with E-state index in [9.17, 15) is 4.79 Å². The Morgan fingerprint density at radius 1 is 1.43 bits per heavy atom. The maximum atomic E-state index is 12.3. The van der Waals surface area contributed by atoms with Gasteiger partial charge in [-0.1, -0.05) is 44.6 Å². The van der Waals surface area contributed by atoms with Crippen molar-refractivity contribution < 1.29 is 4.79 Å². The van der Waals surface area contributed by atoms with Crippen molar-refractivity contribution in [1.82, 2.24) is 4.90 Å². The van der Waals surface area contributed by atoms with Crippen molar-refractivity contribution in [3.8, 4) is 0 Å². The normalized spacial score (nSPS) is 13.8. The number of carbonyl (C=O) groups excluding carboxylic acids is 1. The number of benzene rings is 1. The first-order valence-electron chi connectivity index (χ1n) is 7.26. The molecule has 1 aromatic rings. The first-order chi connectivity index (χ1) is 9.85. The molecule has 0 aliphatic heterocycles. The third-order valence-electron chi connectivity index (χ3n) is 3.75. The molecule has 0 saturated carbocycles. The summed E-state index contributed by atoms with van der Waals surface area (Å²) in [5.41, 5.74) is 7.07. The lowest BCUT2D eigenvalue weighted by Gasteiger charge is -2.26. The van der Waals surface area contributed by atoms with Crippen LogP contribution in [0.4, 0.5) is 5.69 Å². The van der Waals surface area contributed by atoms with E-state index < -0.39 is 0 Å². The fourth-order valence-corrected chi connectivity index (χ4v) is 2.10. The monoisotopic (exact) mass is 307 g/mol. The largest absolute Gasteiger partial charge is 0.389 e. The maximum absolute atomic E-state index is 12.3. The molecule has 0 fully saturated rings. The number of nitrogens with one attached hydrogen (secondary N) is 1. The Morgan fingerprint density at radius 3 is 2.67 bits per heavy atom. The summed E-state index contributed by atoms with van der Waals surface area (Å²) in [7, 11) is 1.97. The van der Waals surface area contributed by atoms with Crippen LogP contribution in [0.15, 0.2) is 24.3 Å². The number of anilines is 1. The predicted molar refractivity (Wildman–Crippen MR) is 92.5 cm³/mol. The molecular formula is C16H25N3OS. The summed E-state index contributed by atoms with van der Waals surface area (Å²) in [6.07, 6.45) is 1.11. The van der Waals surface area contributed by atoms with Crippen molar-refractivity contribution in [2.75, 3.05) is 18.9 Å². The van der Waals surface area contributed by atoms with Gasteiger partial charge in [0.05, 0.1) is 6.04 Å². The van der Waals surface area contributed by atoms with Gasteiger partial charge in [-0.25, -0.2) is 0 Å². The molecule has 0 saturated heterocycles. The van der Waals surface area contributed by atoms with Gasteiger partial charge in [0.2, 0.25) is 5.91 Å². The molecule has 2 unspecified atom stereocenters. The Balaban J connectivity index is 2.67. The van der Waals surface area contributed by atoms with Crippen molar-refractivity contribution in [1.29, 1.82) is 0 Å². The lowest BCUT2D eigenvalue weighted by molar-refractivity contribution is -0.120. The summed E-state index contributed by atoms with van der Waals surface area (Å²) in [6.45, 7) is 7.16. The third kappa shape index (κ3) is 5.44. The quantitative estimate of drug-likeness (QED) is 0.760. The SMILES string of the molecule is CCC(C)CN(C)C(C)C(=O)Nc1cccc(C(N)=S)c1. The van der Waals surface area contributed by atoms with Gasteiger partial charge in [0.1, 0.15) is 4.99 Å². The van der Waals surface area contributed by atoms with Gasteiger partial charge in [0.15, 0.2) is 0 Å². The second-order valence-corrected chi connectivity index (χ2v) is 6.00. The van der Waals surface area contributed by atoms with Crippen LogP contribution in [0.3, 0.4) is 0 Å². The molecule has 0 heterocycles. The molecule has 116 valence electrons. The molecule has 1 aromatic carbocycles. The molecule has 3 N–H and O–H groups in total. The van der Waals surface area contributed by atoms with E-state index in [4.69, 9.17) is 18.0 Å². The highest BCUT2D eigenvalue weighted by Crippen LogP contribution is 2.12. The number of nitrogens with two attached hydrogens (primary N) is 1. The predicted octanol–water partition coefficient (Wildman–Crippen LogP) is 2.63. The van der Waals surface area contributed by atoms with Gasteiger partial charge in [-0.05, 0) is 32.0 Å². The molecule has 0 aromatic heterocycles. The molecule has 4 nitrogen and oxygen atoms in total. The van der Waals surface area contributed by atoms with Crippen LogP contribution in [0.5, 0.6) is 0 Å². The van der Waals surface area contributed by atoms with Gasteiger partial charge in [-0.2, -0.15) is 0 Å². The van der Waals surface area contributed by atoms with Crippen molar-refractivity contribution in [2.45, 2.75) is 33.2 Å². The molecule has 0 aliphatic carbocycles. The molecular weight excluding hydrogens is 282 g/mol. The van der Waals surface area contributed by atoms with Gasteiger partial charge in [-0.3, -0.25) is 9.69 Å². The lowest BCUT2D eigenvalue weighted by atomic mass is 10.1. The molecule has 21 heavy (non-hydrogen) atoms. The van der Waals surface area contributed by atoms with Crippen LogP contribution in [0.2, 0.25) is 0 Å². The first kappa shape index (κ1) is 17.6. The van der Waals surface area contributed by atoms with Crippen LogP contribution in [0.25, 0.3) is 0 Å². The summed E-state index contributed by atoms with van der Waals surface area (Å²) in [4.78, 5) is 14.7. The Morgan fingerprint density at radius 2 is 2.10 bits per heavy atom. The van der Waals surface area contributed by atoms with E-state index in [1.807, 2.05) is 32.2 Å². The van der Waals surface area contributed by atoms with Gasteiger partial charge >= 0.3 is 0 Å². The fraction of sp³-hybridized carbons (Fsp3) is 0.500. The second kappa shape index (κ2) is 8.10. The Hall–Kier alpha value is -1.46. The summed E-state index contributed by atoms with van der Waals surface area (Å²) < 4.78 is 0. The molecule has 0 bridgehead atoms. The number of thiocarbonyl (C=S) groups is 1. The first-order valence-corrected chi connectivity index (χ1v) is 7.67. The van der Waals surface area contributed by atoms with Crippen molar-refractivity contribution in [3.63, 3.8) is 0 Å². The van der Waals surface area contributed by atoms with Crippen molar-refractivity contribution in [3.05, 3.63) is 29.8 Å². The summed E-state index contributed by atoms with van der Waals surface area (Å²) in [5.74, 6) is 0.545. The van der Waals surface area contributed by atoms with Crippen LogP contribution in [-0.4, -0.2) is 35.4 Å². The molecule has 0 aliphatic rings. The number of rotatable bonds is 7. The molecule has 0 spiro atoms. The van der Waals surface area contributed by atoms with Crippen LogP contribution in [0.1, 0.15) is 32.8 Å². The number of carbonyl (C=O) groups is 1. The molecule has 0 radical (unpaired) electrons. The minimum absolute atomic E-state index is 0.0270. The highest BCUT2D eigenvalue weighted by molar-refractivity contribution is 7.80. The van der Waals surface area contributed by atoms with Gasteiger partial charge in [0, 0.05) is 17.8 Å². The summed E-state index contributed by atoms with van der Waals surface area (Å²) in [6, 6.07) is 7.10. The Labute approximate surface area is 132 Å². The van der Waals surface area contributed by atoms with Gasteiger partial charge in [0.25, 0.3) is 0 Å². The second-order valence-electron chi connectivity index (χ2n) is 5.56.